The minimum absolute atomic E-state index is 0.164. The molecule has 4 nitrogen and oxygen atoms in total. The van der Waals surface area contributed by atoms with Gasteiger partial charge in [0, 0.05) is 45.1 Å². The van der Waals surface area contributed by atoms with Crippen molar-refractivity contribution in [3.8, 4) is 6.07 Å². The summed E-state index contributed by atoms with van der Waals surface area (Å²) in [4.78, 5) is 8.65. The Kier molecular flexibility index (Phi) is 5.24. The molecule has 0 aliphatic carbocycles. The van der Waals surface area contributed by atoms with Crippen LogP contribution in [0.25, 0.3) is 0 Å². The molecule has 1 aliphatic rings. The van der Waals surface area contributed by atoms with Crippen molar-refractivity contribution < 1.29 is 0 Å². The maximum atomic E-state index is 9.54. The maximum absolute atomic E-state index is 9.54. The van der Waals surface area contributed by atoms with Gasteiger partial charge in [0.15, 0.2) is 0 Å². The van der Waals surface area contributed by atoms with E-state index < -0.39 is 0 Å². The Balaban J connectivity index is 1.60. The molecular weight excluding hydrogens is 308 g/mol. The van der Waals surface area contributed by atoms with Crippen LogP contribution in [0.3, 0.4) is 0 Å². The van der Waals surface area contributed by atoms with Crippen LogP contribution in [-0.2, 0) is 6.54 Å². The van der Waals surface area contributed by atoms with Crippen LogP contribution in [0.1, 0.15) is 17.2 Å². The number of aromatic nitrogens is 1. The van der Waals surface area contributed by atoms with Crippen LogP contribution >= 0.6 is 11.6 Å². The Morgan fingerprint density at radius 1 is 1.13 bits per heavy atom. The van der Waals surface area contributed by atoms with Crippen molar-refractivity contribution in [2.75, 3.05) is 26.2 Å². The van der Waals surface area contributed by atoms with Crippen LogP contribution < -0.4 is 0 Å². The van der Waals surface area contributed by atoms with Crippen LogP contribution in [0.5, 0.6) is 0 Å². The van der Waals surface area contributed by atoms with E-state index in [1.165, 1.54) is 0 Å². The molecule has 2 aromatic rings. The van der Waals surface area contributed by atoms with E-state index in [-0.39, 0.29) is 6.04 Å². The smallest absolute Gasteiger partial charge is 0.123 e. The van der Waals surface area contributed by atoms with Gasteiger partial charge < -0.3 is 0 Å². The number of hydrogen-bond acceptors (Lipinski definition) is 4. The Morgan fingerprint density at radius 2 is 1.87 bits per heavy atom. The maximum Gasteiger partial charge on any atom is 0.123 e. The number of rotatable bonds is 4. The highest BCUT2D eigenvalue weighted by molar-refractivity contribution is 6.31. The highest BCUT2D eigenvalue weighted by Crippen LogP contribution is 2.22. The van der Waals surface area contributed by atoms with Gasteiger partial charge in [-0.15, -0.1) is 0 Å². The molecule has 0 saturated carbocycles. The van der Waals surface area contributed by atoms with Gasteiger partial charge in [-0.3, -0.25) is 14.8 Å². The molecule has 1 saturated heterocycles. The van der Waals surface area contributed by atoms with Crippen LogP contribution in [0.15, 0.2) is 48.8 Å². The van der Waals surface area contributed by atoms with Gasteiger partial charge >= 0.3 is 0 Å². The van der Waals surface area contributed by atoms with Crippen molar-refractivity contribution in [2.24, 2.45) is 0 Å². The van der Waals surface area contributed by atoms with Gasteiger partial charge in [-0.05, 0) is 17.2 Å². The van der Waals surface area contributed by atoms with Gasteiger partial charge in [0.1, 0.15) is 6.04 Å². The average molecular weight is 327 g/mol. The first kappa shape index (κ1) is 15.9. The molecule has 5 heteroatoms. The molecule has 0 N–H and O–H groups in total. The van der Waals surface area contributed by atoms with E-state index in [0.29, 0.717) is 5.02 Å². The van der Waals surface area contributed by atoms with E-state index in [9.17, 15) is 5.26 Å². The molecule has 2 heterocycles. The topological polar surface area (TPSA) is 43.2 Å². The zero-order valence-electron chi connectivity index (χ0n) is 12.9. The summed E-state index contributed by atoms with van der Waals surface area (Å²) < 4.78 is 0. The molecule has 0 unspecified atom stereocenters. The number of piperazine rings is 1. The van der Waals surface area contributed by atoms with Crippen molar-refractivity contribution in [2.45, 2.75) is 12.6 Å². The van der Waals surface area contributed by atoms with Crippen LogP contribution in [0.4, 0.5) is 0 Å². The van der Waals surface area contributed by atoms with Crippen molar-refractivity contribution in [3.05, 3.63) is 64.9 Å². The van der Waals surface area contributed by atoms with Gasteiger partial charge in [-0.1, -0.05) is 41.9 Å². The third-order valence-corrected chi connectivity index (χ3v) is 4.60. The molecule has 1 aliphatic heterocycles. The largest absolute Gasteiger partial charge is 0.296 e. The molecule has 1 atom stereocenters. The molecule has 3 rings (SSSR count). The molecule has 1 aromatic carbocycles. The minimum Gasteiger partial charge on any atom is -0.296 e. The molecule has 1 aromatic heterocycles. The summed E-state index contributed by atoms with van der Waals surface area (Å²) in [6, 6.07) is 14.2. The summed E-state index contributed by atoms with van der Waals surface area (Å²) in [5.74, 6) is 0. The molecule has 1 fully saturated rings. The lowest BCUT2D eigenvalue weighted by molar-refractivity contribution is 0.109. The van der Waals surface area contributed by atoms with Crippen molar-refractivity contribution in [1.82, 2.24) is 14.8 Å². The van der Waals surface area contributed by atoms with Crippen LogP contribution in [0.2, 0.25) is 5.02 Å². The normalized spacial score (nSPS) is 17.6. The Labute approximate surface area is 141 Å². The number of nitriles is 1. The first-order valence-corrected chi connectivity index (χ1v) is 8.15. The van der Waals surface area contributed by atoms with Gasteiger partial charge in [-0.2, -0.15) is 5.26 Å². The van der Waals surface area contributed by atoms with Crippen LogP contribution in [-0.4, -0.2) is 41.0 Å². The molecular formula is C18H19ClN4. The summed E-state index contributed by atoms with van der Waals surface area (Å²) in [5, 5.41) is 10.3. The number of nitrogens with zero attached hydrogens (tertiary/aromatic N) is 4. The third kappa shape index (κ3) is 3.89. The number of benzene rings is 1. The van der Waals surface area contributed by atoms with E-state index in [1.54, 1.807) is 12.4 Å². The summed E-state index contributed by atoms with van der Waals surface area (Å²) >= 11 is 6.18. The lowest BCUT2D eigenvalue weighted by Crippen LogP contribution is -2.46. The van der Waals surface area contributed by atoms with E-state index in [1.807, 2.05) is 36.4 Å². The molecule has 0 radical (unpaired) electrons. The highest BCUT2D eigenvalue weighted by atomic mass is 35.5. The van der Waals surface area contributed by atoms with Crippen LogP contribution in [0, 0.1) is 11.3 Å². The molecule has 118 valence electrons. The minimum atomic E-state index is -0.164. The fourth-order valence-corrected chi connectivity index (χ4v) is 3.13. The standard InChI is InChI=1S/C18H19ClN4/c19-17-13-21-7-6-16(17)14-22-8-10-23(11-9-22)18(12-20)15-4-2-1-3-5-15/h1-7,13,18H,8-11,14H2/t18-/m0/s1. The Hall–Kier alpha value is -1.93. The second kappa shape index (κ2) is 7.56. The van der Waals surface area contributed by atoms with Crippen molar-refractivity contribution in [3.63, 3.8) is 0 Å². The monoisotopic (exact) mass is 326 g/mol. The number of pyridine rings is 1. The average Bonchev–Trinajstić information content (AvgIpc) is 2.60. The SMILES string of the molecule is N#C[C@@H](c1ccccc1)N1CCN(Cc2ccncc2Cl)CC1. The van der Waals surface area contributed by atoms with Gasteiger partial charge in [0.05, 0.1) is 11.1 Å². The summed E-state index contributed by atoms with van der Waals surface area (Å²) in [7, 11) is 0. The van der Waals surface area contributed by atoms with Gasteiger partial charge in [0.2, 0.25) is 0 Å². The number of halogens is 1. The fourth-order valence-electron chi connectivity index (χ4n) is 2.96. The number of hydrogen-bond donors (Lipinski definition) is 0. The predicted molar refractivity (Wildman–Crippen MR) is 90.9 cm³/mol. The summed E-state index contributed by atoms with van der Waals surface area (Å²) in [5.41, 5.74) is 2.18. The van der Waals surface area contributed by atoms with E-state index >= 15 is 0 Å². The first-order valence-electron chi connectivity index (χ1n) is 7.77. The van der Waals surface area contributed by atoms with E-state index in [4.69, 9.17) is 11.6 Å². The molecule has 0 amide bonds. The van der Waals surface area contributed by atoms with Gasteiger partial charge in [0.25, 0.3) is 0 Å². The molecule has 23 heavy (non-hydrogen) atoms. The fraction of sp³-hybridized carbons (Fsp3) is 0.333. The predicted octanol–water partition coefficient (Wildman–Crippen LogP) is 3.12. The zero-order chi connectivity index (χ0) is 16.1. The highest BCUT2D eigenvalue weighted by Gasteiger charge is 2.25. The quantitative estimate of drug-likeness (QED) is 0.866. The second-order valence-electron chi connectivity index (χ2n) is 5.72. The first-order chi connectivity index (χ1) is 11.3. The summed E-state index contributed by atoms with van der Waals surface area (Å²) in [6.45, 7) is 4.47. The Morgan fingerprint density at radius 3 is 2.52 bits per heavy atom. The summed E-state index contributed by atoms with van der Waals surface area (Å²) in [6.07, 6.45) is 3.47. The second-order valence-corrected chi connectivity index (χ2v) is 6.13. The lowest BCUT2D eigenvalue weighted by atomic mass is 10.1. The van der Waals surface area contributed by atoms with E-state index in [2.05, 4.69) is 20.9 Å². The van der Waals surface area contributed by atoms with Gasteiger partial charge in [-0.25, -0.2) is 0 Å². The van der Waals surface area contributed by atoms with E-state index in [0.717, 1.165) is 43.9 Å². The third-order valence-electron chi connectivity index (χ3n) is 4.26. The van der Waals surface area contributed by atoms with Crippen molar-refractivity contribution >= 4 is 11.6 Å². The Bertz CT molecular complexity index is 675. The molecule has 0 bridgehead atoms. The lowest BCUT2D eigenvalue weighted by Gasteiger charge is -2.37. The zero-order valence-corrected chi connectivity index (χ0v) is 13.7. The van der Waals surface area contributed by atoms with Crippen molar-refractivity contribution in [1.29, 1.82) is 5.26 Å². The molecule has 0 spiro atoms.